The number of fused-ring (bicyclic) bond motifs is 8. The lowest BCUT2D eigenvalue weighted by Gasteiger charge is -2.26. The summed E-state index contributed by atoms with van der Waals surface area (Å²) in [6.07, 6.45) is 0. The summed E-state index contributed by atoms with van der Waals surface area (Å²) in [5, 5.41) is 7.15. The van der Waals surface area contributed by atoms with Crippen molar-refractivity contribution in [2.75, 3.05) is 4.90 Å². The first-order valence-corrected chi connectivity index (χ1v) is 17.4. The number of hydrogen-bond donors (Lipinski definition) is 0. The summed E-state index contributed by atoms with van der Waals surface area (Å²) < 4.78 is 9.26. The summed E-state index contributed by atoms with van der Waals surface area (Å²) in [5.74, 6) is 0. The van der Waals surface area contributed by atoms with Gasteiger partial charge in [-0.05, 0) is 88.3 Å². The third kappa shape index (κ3) is 4.62. The van der Waals surface area contributed by atoms with Crippen molar-refractivity contribution in [3.05, 3.63) is 176 Å². The molecule has 10 aromatic rings. The Balaban J connectivity index is 1.13. The van der Waals surface area contributed by atoms with Gasteiger partial charge in [0.1, 0.15) is 11.2 Å². The number of furan rings is 1. The molecule has 2 aromatic heterocycles. The normalized spacial score (nSPS) is 11.7. The summed E-state index contributed by atoms with van der Waals surface area (Å²) in [5.41, 5.74) is 9.86. The van der Waals surface area contributed by atoms with E-state index in [1.54, 1.807) is 0 Å². The molecule has 0 N–H and O–H groups in total. The van der Waals surface area contributed by atoms with Gasteiger partial charge in [0.2, 0.25) is 0 Å². The van der Waals surface area contributed by atoms with Gasteiger partial charge in [-0.1, -0.05) is 115 Å². The molecule has 0 aliphatic carbocycles. The van der Waals surface area contributed by atoms with Gasteiger partial charge in [0.25, 0.3) is 0 Å². The number of anilines is 3. The number of hydrogen-bond acceptors (Lipinski definition) is 3. The highest BCUT2D eigenvalue weighted by Crippen LogP contribution is 2.45. The Labute approximate surface area is 287 Å². The van der Waals surface area contributed by atoms with Gasteiger partial charge in [0.15, 0.2) is 0 Å². The van der Waals surface area contributed by atoms with Gasteiger partial charge in [0.05, 0.1) is 11.1 Å². The fourth-order valence-corrected chi connectivity index (χ4v) is 8.38. The van der Waals surface area contributed by atoms with E-state index in [2.05, 4.69) is 181 Å². The van der Waals surface area contributed by atoms with Crippen molar-refractivity contribution in [2.45, 2.75) is 0 Å². The molecule has 8 aromatic carbocycles. The molecule has 0 spiro atoms. The van der Waals surface area contributed by atoms with E-state index in [0.717, 1.165) is 44.4 Å². The average Bonchev–Trinajstić information content (AvgIpc) is 3.75. The summed E-state index contributed by atoms with van der Waals surface area (Å²) in [6, 6.07) is 63.2. The van der Waals surface area contributed by atoms with E-state index in [0.29, 0.717) is 0 Å². The molecular formula is C46H29NOS. The van der Waals surface area contributed by atoms with E-state index in [4.69, 9.17) is 4.42 Å². The van der Waals surface area contributed by atoms with Crippen molar-refractivity contribution in [1.82, 2.24) is 0 Å². The molecule has 0 saturated carbocycles. The first-order chi connectivity index (χ1) is 24.3. The van der Waals surface area contributed by atoms with Crippen LogP contribution < -0.4 is 4.90 Å². The number of rotatable bonds is 5. The van der Waals surface area contributed by atoms with Crippen LogP contribution in [0.15, 0.2) is 180 Å². The van der Waals surface area contributed by atoms with Crippen LogP contribution in [0.5, 0.6) is 0 Å². The van der Waals surface area contributed by atoms with Crippen LogP contribution >= 0.6 is 11.3 Å². The topological polar surface area (TPSA) is 16.4 Å². The molecular weight excluding hydrogens is 615 g/mol. The van der Waals surface area contributed by atoms with Gasteiger partial charge >= 0.3 is 0 Å². The first kappa shape index (κ1) is 27.9. The molecule has 2 nitrogen and oxygen atoms in total. The Bertz CT molecular complexity index is 2810. The maximum absolute atomic E-state index is 6.62. The monoisotopic (exact) mass is 643 g/mol. The van der Waals surface area contributed by atoms with Crippen LogP contribution in [0.25, 0.3) is 75.1 Å². The second kappa shape index (κ2) is 11.2. The van der Waals surface area contributed by atoms with E-state index in [9.17, 15) is 0 Å². The molecule has 0 radical (unpaired) electrons. The highest BCUT2D eigenvalue weighted by molar-refractivity contribution is 7.25. The Morgan fingerprint density at radius 2 is 1.04 bits per heavy atom. The second-order valence-electron chi connectivity index (χ2n) is 12.5. The van der Waals surface area contributed by atoms with Gasteiger partial charge in [-0.3, -0.25) is 0 Å². The highest BCUT2D eigenvalue weighted by Gasteiger charge is 2.20. The largest absolute Gasteiger partial charge is 0.455 e. The maximum Gasteiger partial charge on any atom is 0.143 e. The molecule has 230 valence electrons. The predicted molar refractivity (Wildman–Crippen MR) is 210 cm³/mol. The van der Waals surface area contributed by atoms with Crippen LogP contribution in [0.1, 0.15) is 0 Å². The molecule has 0 bridgehead atoms. The van der Waals surface area contributed by atoms with Gasteiger partial charge in [-0.2, -0.15) is 0 Å². The Morgan fingerprint density at radius 3 is 1.84 bits per heavy atom. The van der Waals surface area contributed by atoms with E-state index in [1.807, 2.05) is 11.3 Å². The zero-order valence-corrected chi connectivity index (χ0v) is 27.3. The van der Waals surface area contributed by atoms with E-state index >= 15 is 0 Å². The third-order valence-electron chi connectivity index (χ3n) is 9.67. The molecule has 0 aliphatic heterocycles. The minimum atomic E-state index is 0.877. The molecule has 10 rings (SSSR count). The maximum atomic E-state index is 6.62. The van der Waals surface area contributed by atoms with E-state index in [1.165, 1.54) is 47.8 Å². The Morgan fingerprint density at radius 1 is 0.408 bits per heavy atom. The molecule has 2 heterocycles. The number of nitrogens with zero attached hydrogens (tertiary/aromatic N) is 1. The lowest BCUT2D eigenvalue weighted by Crippen LogP contribution is -2.10. The summed E-state index contributed by atoms with van der Waals surface area (Å²) >= 11 is 1.86. The van der Waals surface area contributed by atoms with Crippen LogP contribution in [-0.4, -0.2) is 0 Å². The van der Waals surface area contributed by atoms with E-state index in [-0.39, 0.29) is 0 Å². The van der Waals surface area contributed by atoms with Crippen molar-refractivity contribution in [3.63, 3.8) is 0 Å². The van der Waals surface area contributed by atoms with Crippen LogP contribution in [0, 0.1) is 0 Å². The van der Waals surface area contributed by atoms with Gasteiger partial charge in [-0.15, -0.1) is 11.3 Å². The Hall–Kier alpha value is -6.16. The molecule has 0 fully saturated rings. The van der Waals surface area contributed by atoms with Gasteiger partial charge < -0.3 is 9.32 Å². The fraction of sp³-hybridized carbons (Fsp3) is 0. The van der Waals surface area contributed by atoms with E-state index < -0.39 is 0 Å². The lowest BCUT2D eigenvalue weighted by atomic mass is 10.0. The smallest absolute Gasteiger partial charge is 0.143 e. The number of benzene rings is 8. The zero-order chi connectivity index (χ0) is 32.3. The third-order valence-corrected chi connectivity index (χ3v) is 10.8. The SMILES string of the molecule is c1ccc(-c2ccc(N(c3ccc(-c4ccc5sc6ccccc6c5c4)cc3)c3cccc4oc5c6ccccc6ccc5c34)cc2)cc1. The fourth-order valence-electron chi connectivity index (χ4n) is 7.29. The van der Waals surface area contributed by atoms with Crippen LogP contribution in [0.2, 0.25) is 0 Å². The standard InChI is InChI=1S/C46H29NOS/c1-2-9-30(10-3-1)31-17-23-35(24-18-31)47(41-14-8-15-42-45(41)39-27-21-33-11-4-5-12-37(33)46(39)48-42)36-25-19-32(20-26-36)34-22-28-44-40(29-34)38-13-6-7-16-43(38)49-44/h1-29H. The van der Waals surface area contributed by atoms with Crippen molar-refractivity contribution in [3.8, 4) is 22.3 Å². The van der Waals surface area contributed by atoms with Crippen molar-refractivity contribution in [1.29, 1.82) is 0 Å². The van der Waals surface area contributed by atoms with Gasteiger partial charge in [-0.25, -0.2) is 0 Å². The van der Waals surface area contributed by atoms with Crippen molar-refractivity contribution >= 4 is 81.3 Å². The van der Waals surface area contributed by atoms with Crippen LogP contribution in [0.4, 0.5) is 17.1 Å². The van der Waals surface area contributed by atoms with Crippen molar-refractivity contribution < 1.29 is 4.42 Å². The minimum Gasteiger partial charge on any atom is -0.455 e. The molecule has 3 heteroatoms. The quantitative estimate of drug-likeness (QED) is 0.186. The molecule has 0 atom stereocenters. The predicted octanol–water partition coefficient (Wildman–Crippen LogP) is 13.9. The van der Waals surface area contributed by atoms with Crippen molar-refractivity contribution in [2.24, 2.45) is 0 Å². The molecule has 49 heavy (non-hydrogen) atoms. The summed E-state index contributed by atoms with van der Waals surface area (Å²) in [4.78, 5) is 2.36. The second-order valence-corrected chi connectivity index (χ2v) is 13.6. The number of thiophene rings is 1. The highest BCUT2D eigenvalue weighted by atomic mass is 32.1. The first-order valence-electron chi connectivity index (χ1n) is 16.6. The zero-order valence-electron chi connectivity index (χ0n) is 26.5. The summed E-state index contributed by atoms with van der Waals surface area (Å²) in [6.45, 7) is 0. The molecule has 0 aliphatic rings. The Kier molecular flexibility index (Phi) is 6.39. The lowest BCUT2D eigenvalue weighted by molar-refractivity contribution is 0.672. The van der Waals surface area contributed by atoms with Gasteiger partial charge in [0, 0.05) is 42.3 Å². The average molecular weight is 644 g/mol. The molecule has 0 saturated heterocycles. The minimum absolute atomic E-state index is 0.877. The summed E-state index contributed by atoms with van der Waals surface area (Å²) in [7, 11) is 0. The van der Waals surface area contributed by atoms with Crippen LogP contribution in [0.3, 0.4) is 0 Å². The molecule has 0 unspecified atom stereocenters. The van der Waals surface area contributed by atoms with Crippen LogP contribution in [-0.2, 0) is 0 Å². The molecule has 0 amide bonds.